The van der Waals surface area contributed by atoms with E-state index in [-0.39, 0.29) is 5.91 Å². The molecule has 6 heteroatoms. The van der Waals surface area contributed by atoms with Gasteiger partial charge in [0, 0.05) is 6.54 Å². The van der Waals surface area contributed by atoms with Crippen LogP contribution in [0.2, 0.25) is 0 Å². The molecule has 0 fully saturated rings. The van der Waals surface area contributed by atoms with Gasteiger partial charge in [0.2, 0.25) is 0 Å². The van der Waals surface area contributed by atoms with Crippen LogP contribution in [0.4, 0.5) is 0 Å². The van der Waals surface area contributed by atoms with Crippen molar-refractivity contribution in [3.63, 3.8) is 0 Å². The Bertz CT molecular complexity index is 454. The van der Waals surface area contributed by atoms with Crippen LogP contribution in [0.1, 0.15) is 49.8 Å². The zero-order valence-electron chi connectivity index (χ0n) is 11.6. The maximum absolute atomic E-state index is 12.1. The minimum Gasteiger partial charge on any atom is -0.480 e. The van der Waals surface area contributed by atoms with Crippen molar-refractivity contribution in [1.82, 2.24) is 15.1 Å². The highest BCUT2D eigenvalue weighted by atomic mass is 16.4. The fourth-order valence-electron chi connectivity index (χ4n) is 1.84. The number of aliphatic carboxylic acids is 1. The molecule has 1 aromatic rings. The van der Waals surface area contributed by atoms with E-state index >= 15 is 0 Å². The number of nitrogens with one attached hydrogen (secondary N) is 1. The van der Waals surface area contributed by atoms with Crippen LogP contribution in [0.3, 0.4) is 0 Å². The summed E-state index contributed by atoms with van der Waals surface area (Å²) in [7, 11) is 0. The second-order valence-corrected chi connectivity index (χ2v) is 4.34. The van der Waals surface area contributed by atoms with Gasteiger partial charge >= 0.3 is 5.97 Å². The summed E-state index contributed by atoms with van der Waals surface area (Å²) in [6.07, 6.45) is 1.86. The van der Waals surface area contributed by atoms with E-state index in [2.05, 4.69) is 10.4 Å². The lowest BCUT2D eigenvalue weighted by molar-refractivity contribution is -0.139. The smallest absolute Gasteiger partial charge is 0.326 e. The molecule has 0 radical (unpaired) electrons. The number of hydrogen-bond acceptors (Lipinski definition) is 3. The zero-order chi connectivity index (χ0) is 14.4. The molecule has 1 rings (SSSR count). The van der Waals surface area contributed by atoms with Crippen LogP contribution in [0.15, 0.2) is 6.07 Å². The Kier molecular flexibility index (Phi) is 5.54. The van der Waals surface area contributed by atoms with Gasteiger partial charge in [-0.05, 0) is 25.8 Å². The molecule has 1 aromatic heterocycles. The molecule has 6 nitrogen and oxygen atoms in total. The summed E-state index contributed by atoms with van der Waals surface area (Å²) in [5.74, 6) is -1.39. The van der Waals surface area contributed by atoms with Crippen LogP contribution in [-0.4, -0.2) is 32.8 Å². The molecular formula is C13H21N3O3. The first-order valence-corrected chi connectivity index (χ1v) is 6.63. The third-order valence-electron chi connectivity index (χ3n) is 2.91. The Hall–Kier alpha value is -1.85. The summed E-state index contributed by atoms with van der Waals surface area (Å²) >= 11 is 0. The Morgan fingerprint density at radius 1 is 1.42 bits per heavy atom. The highest BCUT2D eigenvalue weighted by Crippen LogP contribution is 2.07. The van der Waals surface area contributed by atoms with E-state index in [1.165, 1.54) is 0 Å². The molecule has 0 spiro atoms. The molecular weight excluding hydrogens is 246 g/mol. The van der Waals surface area contributed by atoms with E-state index in [1.54, 1.807) is 10.7 Å². The molecule has 106 valence electrons. The van der Waals surface area contributed by atoms with Crippen molar-refractivity contribution < 1.29 is 14.7 Å². The maximum atomic E-state index is 12.1. The van der Waals surface area contributed by atoms with Gasteiger partial charge in [0.1, 0.15) is 11.7 Å². The van der Waals surface area contributed by atoms with E-state index in [9.17, 15) is 9.59 Å². The third kappa shape index (κ3) is 3.81. The summed E-state index contributed by atoms with van der Waals surface area (Å²) in [6, 6.07) is 0.867. The average molecular weight is 267 g/mol. The normalized spacial score (nSPS) is 12.2. The van der Waals surface area contributed by atoms with Crippen LogP contribution in [0.25, 0.3) is 0 Å². The van der Waals surface area contributed by atoms with Crippen molar-refractivity contribution in [2.45, 2.75) is 52.6 Å². The number of aryl methyl sites for hydroxylation is 2. The van der Waals surface area contributed by atoms with Crippen LogP contribution in [0.5, 0.6) is 0 Å². The van der Waals surface area contributed by atoms with Gasteiger partial charge < -0.3 is 10.4 Å². The summed E-state index contributed by atoms with van der Waals surface area (Å²) in [4.78, 5) is 23.1. The lowest BCUT2D eigenvalue weighted by atomic mass is 10.1. The van der Waals surface area contributed by atoms with Gasteiger partial charge in [-0.1, -0.05) is 20.3 Å². The summed E-state index contributed by atoms with van der Waals surface area (Å²) in [5, 5.41) is 15.9. The largest absolute Gasteiger partial charge is 0.480 e. The second-order valence-electron chi connectivity index (χ2n) is 4.34. The number of carboxylic acid groups (broad SMARTS) is 1. The van der Waals surface area contributed by atoms with E-state index in [0.29, 0.717) is 25.1 Å². The Labute approximate surface area is 112 Å². The van der Waals surface area contributed by atoms with Gasteiger partial charge in [0.05, 0.1) is 5.69 Å². The first-order valence-electron chi connectivity index (χ1n) is 6.63. The Morgan fingerprint density at radius 2 is 2.11 bits per heavy atom. The van der Waals surface area contributed by atoms with Gasteiger partial charge in [-0.3, -0.25) is 9.48 Å². The van der Waals surface area contributed by atoms with Crippen molar-refractivity contribution in [1.29, 1.82) is 0 Å². The highest BCUT2D eigenvalue weighted by Gasteiger charge is 2.22. The molecule has 0 aromatic carbocycles. The van der Waals surface area contributed by atoms with Crippen LogP contribution >= 0.6 is 0 Å². The molecule has 0 aliphatic carbocycles. The average Bonchev–Trinajstić information content (AvgIpc) is 2.81. The number of carboxylic acids is 1. The lowest BCUT2D eigenvalue weighted by Gasteiger charge is -2.13. The van der Waals surface area contributed by atoms with E-state index in [4.69, 9.17) is 5.11 Å². The van der Waals surface area contributed by atoms with Gasteiger partial charge in [0.25, 0.3) is 5.91 Å². The van der Waals surface area contributed by atoms with Gasteiger partial charge in [-0.25, -0.2) is 4.79 Å². The number of rotatable bonds is 7. The standard InChI is InChI=1S/C13H21N3O3/c1-4-7-10(13(18)19)14-12(17)11-8-9(5-2)15-16(11)6-3/h8,10H,4-7H2,1-3H3,(H,14,17)(H,18,19). The molecule has 19 heavy (non-hydrogen) atoms. The fraction of sp³-hybridized carbons (Fsp3) is 0.615. The molecule has 1 heterocycles. The topological polar surface area (TPSA) is 84.2 Å². The summed E-state index contributed by atoms with van der Waals surface area (Å²) < 4.78 is 1.60. The number of nitrogens with zero attached hydrogens (tertiary/aromatic N) is 2. The fourth-order valence-corrected chi connectivity index (χ4v) is 1.84. The van der Waals surface area contributed by atoms with Crippen LogP contribution in [-0.2, 0) is 17.8 Å². The number of carbonyl (C=O) groups is 2. The number of hydrogen-bond donors (Lipinski definition) is 2. The van der Waals surface area contributed by atoms with Crippen molar-refractivity contribution in [2.24, 2.45) is 0 Å². The molecule has 0 aliphatic rings. The van der Waals surface area contributed by atoms with Crippen molar-refractivity contribution >= 4 is 11.9 Å². The minimum absolute atomic E-state index is 0.380. The minimum atomic E-state index is -1.01. The summed E-state index contributed by atoms with van der Waals surface area (Å²) in [6.45, 7) is 6.31. The quantitative estimate of drug-likeness (QED) is 0.783. The van der Waals surface area contributed by atoms with E-state index in [1.807, 2.05) is 20.8 Å². The van der Waals surface area contributed by atoms with Crippen molar-refractivity contribution in [2.75, 3.05) is 0 Å². The molecule has 1 atom stereocenters. The van der Waals surface area contributed by atoms with Gasteiger partial charge in [-0.15, -0.1) is 0 Å². The third-order valence-corrected chi connectivity index (χ3v) is 2.91. The highest BCUT2D eigenvalue weighted by molar-refractivity contribution is 5.95. The van der Waals surface area contributed by atoms with E-state index in [0.717, 1.165) is 12.1 Å². The SMILES string of the molecule is CCCC(NC(=O)c1cc(CC)nn1CC)C(=O)O. The molecule has 0 aliphatic heterocycles. The Morgan fingerprint density at radius 3 is 2.58 bits per heavy atom. The van der Waals surface area contributed by atoms with Crippen molar-refractivity contribution in [3.05, 3.63) is 17.5 Å². The molecule has 1 unspecified atom stereocenters. The van der Waals surface area contributed by atoms with Crippen LogP contribution in [0, 0.1) is 0 Å². The van der Waals surface area contributed by atoms with Crippen LogP contribution < -0.4 is 5.32 Å². The van der Waals surface area contributed by atoms with Gasteiger partial charge in [0.15, 0.2) is 0 Å². The molecule has 0 saturated heterocycles. The molecule has 0 saturated carbocycles. The lowest BCUT2D eigenvalue weighted by Crippen LogP contribution is -2.41. The zero-order valence-corrected chi connectivity index (χ0v) is 11.6. The Balaban J connectivity index is 2.87. The van der Waals surface area contributed by atoms with Gasteiger partial charge in [-0.2, -0.15) is 5.10 Å². The van der Waals surface area contributed by atoms with Crippen molar-refractivity contribution in [3.8, 4) is 0 Å². The monoisotopic (exact) mass is 267 g/mol. The molecule has 0 bridgehead atoms. The number of carbonyl (C=O) groups excluding carboxylic acids is 1. The predicted molar refractivity (Wildman–Crippen MR) is 71.1 cm³/mol. The maximum Gasteiger partial charge on any atom is 0.326 e. The first kappa shape index (κ1) is 15.2. The molecule has 1 amide bonds. The number of aromatic nitrogens is 2. The number of amides is 1. The first-order chi connectivity index (χ1) is 9.03. The second kappa shape index (κ2) is 6.92. The predicted octanol–water partition coefficient (Wildman–Crippen LogP) is 1.45. The summed E-state index contributed by atoms with van der Waals surface area (Å²) in [5.41, 5.74) is 1.25. The van der Waals surface area contributed by atoms with E-state index < -0.39 is 12.0 Å². The molecule has 2 N–H and O–H groups in total.